The third-order valence-corrected chi connectivity index (χ3v) is 10.2. The van der Waals surface area contributed by atoms with E-state index >= 15 is 0 Å². The number of ether oxygens (including phenoxy) is 1. The number of allylic oxidation sites excluding steroid dienone is 1. The number of hydrogen-bond acceptors (Lipinski definition) is 6. The number of rotatable bonds is 3. The number of aliphatic hydroxyl groups is 3. The maximum Gasteiger partial charge on any atom is 0.332 e. The van der Waals surface area contributed by atoms with Crippen molar-refractivity contribution in [3.63, 3.8) is 0 Å². The first-order chi connectivity index (χ1) is 15.5. The quantitative estimate of drug-likeness (QED) is 0.326. The zero-order valence-corrected chi connectivity index (χ0v) is 19.4. The third kappa shape index (κ3) is 3.13. The number of nitrogens with two attached hydrogens (primary N) is 1. The van der Waals surface area contributed by atoms with Gasteiger partial charge in [-0.15, -0.1) is 0 Å². The summed E-state index contributed by atoms with van der Waals surface area (Å²) in [5.41, 5.74) is 5.76. The highest BCUT2D eigenvalue weighted by Crippen LogP contribution is 2.70. The number of fused-ring (bicyclic) bond motifs is 5. The van der Waals surface area contributed by atoms with Crippen molar-refractivity contribution in [1.82, 2.24) is 5.43 Å². The van der Waals surface area contributed by atoms with Gasteiger partial charge in [0.25, 0.3) is 0 Å². The van der Waals surface area contributed by atoms with Gasteiger partial charge in [-0.1, -0.05) is 13.5 Å². The number of aliphatic hydroxyl groups excluding tert-OH is 1. The smallest absolute Gasteiger partial charge is 0.332 e. The molecule has 33 heavy (non-hydrogen) atoms. The molecule has 0 bridgehead atoms. The lowest BCUT2D eigenvalue weighted by Gasteiger charge is -2.65. The van der Waals surface area contributed by atoms with E-state index in [1.807, 2.05) is 6.08 Å². The molecule has 4 saturated carbocycles. The van der Waals surface area contributed by atoms with Gasteiger partial charge in [-0.3, -0.25) is 0 Å². The summed E-state index contributed by atoms with van der Waals surface area (Å²) in [7, 11) is 0. The summed E-state index contributed by atoms with van der Waals surface area (Å²) in [5.74, 6) is 0.946. The summed E-state index contributed by atoms with van der Waals surface area (Å²) in [6.45, 7) is 6.71. The Morgan fingerprint density at radius 3 is 2.67 bits per heavy atom. The Morgan fingerprint density at radius 2 is 1.97 bits per heavy atom. The van der Waals surface area contributed by atoms with Crippen molar-refractivity contribution in [1.29, 1.82) is 0 Å². The number of carbonyl (C=O) groups is 1. The second-order valence-corrected chi connectivity index (χ2v) is 11.4. The Balaban J connectivity index is 1.52. The van der Waals surface area contributed by atoms with Crippen molar-refractivity contribution in [2.75, 3.05) is 6.61 Å². The monoisotopic (exact) mass is 459 g/mol. The molecular formula is C25H37N3O5. The zero-order valence-electron chi connectivity index (χ0n) is 19.4. The van der Waals surface area contributed by atoms with Gasteiger partial charge < -0.3 is 25.8 Å². The van der Waals surface area contributed by atoms with Gasteiger partial charge in [0.15, 0.2) is 0 Å². The van der Waals surface area contributed by atoms with Crippen molar-refractivity contribution < 1.29 is 24.9 Å². The number of amides is 2. The Labute approximate surface area is 195 Å². The van der Waals surface area contributed by atoms with Crippen LogP contribution in [0.5, 0.6) is 0 Å². The molecule has 182 valence electrons. The second-order valence-electron chi connectivity index (χ2n) is 11.4. The fourth-order valence-corrected chi connectivity index (χ4v) is 8.65. The van der Waals surface area contributed by atoms with Crippen molar-refractivity contribution in [2.24, 2.45) is 39.4 Å². The van der Waals surface area contributed by atoms with Crippen LogP contribution in [0.2, 0.25) is 0 Å². The summed E-state index contributed by atoms with van der Waals surface area (Å²) >= 11 is 0. The van der Waals surface area contributed by atoms with Gasteiger partial charge in [-0.05, 0) is 80.8 Å². The van der Waals surface area contributed by atoms with Crippen LogP contribution >= 0.6 is 0 Å². The van der Waals surface area contributed by atoms with E-state index in [9.17, 15) is 20.1 Å². The molecule has 1 heterocycles. The normalized spacial score (nSPS) is 49.1. The maximum atomic E-state index is 12.4. The van der Waals surface area contributed by atoms with Gasteiger partial charge in [0.2, 0.25) is 0 Å². The molecule has 4 fully saturated rings. The van der Waals surface area contributed by atoms with Gasteiger partial charge >= 0.3 is 6.03 Å². The first-order valence-electron chi connectivity index (χ1n) is 12.3. The molecule has 5 aliphatic rings. The Kier molecular flexibility index (Phi) is 5.23. The Hall–Kier alpha value is -1.90. The molecule has 8 nitrogen and oxygen atoms in total. The van der Waals surface area contributed by atoms with E-state index < -0.39 is 28.8 Å². The molecule has 0 aromatic carbocycles. The molecule has 0 saturated heterocycles. The molecular weight excluding hydrogens is 422 g/mol. The van der Waals surface area contributed by atoms with Crippen LogP contribution in [0.3, 0.4) is 0 Å². The Morgan fingerprint density at radius 1 is 1.21 bits per heavy atom. The minimum absolute atomic E-state index is 0.00257. The van der Waals surface area contributed by atoms with E-state index in [0.717, 1.165) is 19.3 Å². The van der Waals surface area contributed by atoms with Crippen LogP contribution in [-0.4, -0.2) is 51.5 Å². The second kappa shape index (κ2) is 7.55. The first-order valence-corrected chi connectivity index (χ1v) is 12.3. The van der Waals surface area contributed by atoms with E-state index in [4.69, 9.17) is 10.5 Å². The molecule has 5 unspecified atom stereocenters. The van der Waals surface area contributed by atoms with Crippen LogP contribution in [-0.2, 0) is 4.74 Å². The summed E-state index contributed by atoms with van der Waals surface area (Å²) in [5, 5.41) is 38.7. The summed E-state index contributed by atoms with van der Waals surface area (Å²) in [4.78, 5) is 11.3. The molecule has 2 amide bonds. The van der Waals surface area contributed by atoms with Gasteiger partial charge in [-0.2, -0.15) is 5.10 Å². The predicted octanol–water partition coefficient (Wildman–Crippen LogP) is 2.34. The molecule has 0 aromatic heterocycles. The predicted molar refractivity (Wildman–Crippen MR) is 123 cm³/mol. The van der Waals surface area contributed by atoms with E-state index in [1.54, 1.807) is 6.21 Å². The minimum atomic E-state index is -1.13. The summed E-state index contributed by atoms with van der Waals surface area (Å²) in [6.07, 6.45) is 9.04. The molecule has 8 heteroatoms. The van der Waals surface area contributed by atoms with E-state index in [0.29, 0.717) is 44.5 Å². The molecule has 6 N–H and O–H groups in total. The lowest BCUT2D eigenvalue weighted by molar-refractivity contribution is -0.237. The highest BCUT2D eigenvalue weighted by Gasteiger charge is 2.71. The third-order valence-electron chi connectivity index (χ3n) is 10.2. The van der Waals surface area contributed by atoms with Gasteiger partial charge in [0.05, 0.1) is 17.3 Å². The average Bonchev–Trinajstić information content (AvgIpc) is 3.28. The highest BCUT2D eigenvalue weighted by molar-refractivity contribution is 5.75. The number of hydrazone groups is 1. The average molecular weight is 460 g/mol. The minimum Gasteiger partial charge on any atom is -0.490 e. The fourth-order valence-electron chi connectivity index (χ4n) is 8.65. The first kappa shape index (κ1) is 22.9. The van der Waals surface area contributed by atoms with Crippen LogP contribution in [0.1, 0.15) is 64.7 Å². The zero-order chi connectivity index (χ0) is 23.6. The lowest BCUT2D eigenvalue weighted by Crippen LogP contribution is -2.68. The molecule has 1 aliphatic heterocycles. The van der Waals surface area contributed by atoms with E-state index in [2.05, 4.69) is 24.0 Å². The molecule has 0 aromatic rings. The standard InChI is InChI=1S/C25H37N3O5/c1-15-11-16(13-33-15)18-6-10-25(32)20-5-9-24(31)12-17(29)3-8-23(24,14-27-28-21(26)30)19(20)4-7-22(18,25)2/h11,14,17-20,29,31-32H,1,3-10,12-13H2,2H3,(H3,26,28,30)/b27-14+/t17-,18?,19+,20-,22?,23?,24?,25?/m1/s1. The number of primary amides is 1. The number of urea groups is 1. The maximum absolute atomic E-state index is 12.4. The largest absolute Gasteiger partial charge is 0.490 e. The molecule has 4 aliphatic carbocycles. The van der Waals surface area contributed by atoms with Gasteiger partial charge in [-0.25, -0.2) is 10.2 Å². The number of nitrogens with zero attached hydrogens (tertiary/aromatic N) is 1. The molecule has 5 rings (SSSR count). The number of nitrogens with one attached hydrogen (secondary N) is 1. The van der Waals surface area contributed by atoms with Crippen LogP contribution in [0.25, 0.3) is 0 Å². The van der Waals surface area contributed by atoms with E-state index in [1.165, 1.54) is 5.57 Å². The summed E-state index contributed by atoms with van der Waals surface area (Å²) in [6, 6.07) is -0.753. The van der Waals surface area contributed by atoms with Crippen LogP contribution in [0, 0.1) is 28.6 Å². The number of hydrogen-bond donors (Lipinski definition) is 5. The van der Waals surface area contributed by atoms with E-state index in [-0.39, 0.29) is 29.6 Å². The van der Waals surface area contributed by atoms with Crippen LogP contribution in [0.4, 0.5) is 4.79 Å². The lowest BCUT2D eigenvalue weighted by atomic mass is 9.41. The molecule has 0 spiro atoms. The van der Waals surface area contributed by atoms with Crippen molar-refractivity contribution in [3.05, 3.63) is 24.0 Å². The van der Waals surface area contributed by atoms with Gasteiger partial charge in [0.1, 0.15) is 12.4 Å². The molecule has 0 radical (unpaired) electrons. The Bertz CT molecular complexity index is 920. The molecule has 8 atom stereocenters. The van der Waals surface area contributed by atoms with Gasteiger partial charge in [0, 0.05) is 23.5 Å². The number of carbonyl (C=O) groups excluding carboxylic acids is 1. The van der Waals surface area contributed by atoms with Crippen LogP contribution in [0.15, 0.2) is 29.1 Å². The van der Waals surface area contributed by atoms with Crippen molar-refractivity contribution in [2.45, 2.75) is 82.0 Å². The topological polar surface area (TPSA) is 137 Å². The van der Waals surface area contributed by atoms with Crippen LogP contribution < -0.4 is 11.2 Å². The van der Waals surface area contributed by atoms with Crippen molar-refractivity contribution in [3.8, 4) is 0 Å². The highest BCUT2D eigenvalue weighted by atomic mass is 16.5. The summed E-state index contributed by atoms with van der Waals surface area (Å²) < 4.78 is 5.63. The SMILES string of the molecule is C=C1C=C(C2CCC3(O)[C@@H]4CCC5(O)C[C@H](O)CCC5(/C=N/NC(N)=O)[C@H]4CCC23C)CO1. The fraction of sp³-hybridized carbons (Fsp3) is 0.760. The van der Waals surface area contributed by atoms with Crippen molar-refractivity contribution >= 4 is 12.2 Å².